The van der Waals surface area contributed by atoms with E-state index in [4.69, 9.17) is 9.05 Å². The third kappa shape index (κ3) is 4.12. The molecule has 0 saturated carbocycles. The van der Waals surface area contributed by atoms with E-state index in [0.717, 1.165) is 22.3 Å². The predicted molar refractivity (Wildman–Crippen MR) is 146 cm³/mol. The Morgan fingerprint density at radius 2 is 0.868 bits per heavy atom. The van der Waals surface area contributed by atoms with Crippen LogP contribution >= 0.6 is 14.7 Å². The first-order valence-corrected chi connectivity index (χ1v) is 15.5. The molecule has 4 aromatic rings. The van der Waals surface area contributed by atoms with Crippen molar-refractivity contribution in [3.05, 3.63) is 97.1 Å². The Kier molecular flexibility index (Phi) is 5.94. The highest BCUT2D eigenvalue weighted by Gasteiger charge is 2.38. The molecule has 0 fully saturated rings. The second-order valence-corrected chi connectivity index (χ2v) is 13.5. The molecule has 2 amide bonds. The number of carbonyl (C=O) groups excluding carboxylic acids is 2. The van der Waals surface area contributed by atoms with Crippen LogP contribution in [-0.2, 0) is 18.7 Å². The maximum atomic E-state index is 13.8. The van der Waals surface area contributed by atoms with Crippen molar-refractivity contribution in [3.8, 4) is 33.8 Å². The van der Waals surface area contributed by atoms with Crippen LogP contribution in [0.2, 0.25) is 0 Å². The Bertz CT molecular complexity index is 1580. The molecule has 2 unspecified atom stereocenters. The summed E-state index contributed by atoms with van der Waals surface area (Å²) in [6, 6.07) is 28.7. The van der Waals surface area contributed by atoms with E-state index in [-0.39, 0.29) is 12.6 Å². The number of hydrogen-bond acceptors (Lipinski definition) is 6. The van der Waals surface area contributed by atoms with E-state index >= 15 is 0 Å². The van der Waals surface area contributed by atoms with Crippen LogP contribution in [0, 0.1) is 0 Å². The first-order chi connectivity index (χ1) is 18.4. The summed E-state index contributed by atoms with van der Waals surface area (Å²) in [5.41, 5.74) is 3.11. The lowest BCUT2D eigenvalue weighted by Gasteiger charge is -2.29. The van der Waals surface area contributed by atoms with Crippen LogP contribution in [0.5, 0.6) is 11.5 Å². The maximum absolute atomic E-state index is 13.8. The van der Waals surface area contributed by atoms with E-state index in [0.29, 0.717) is 22.1 Å². The number of benzene rings is 4. The molecule has 0 bridgehead atoms. The average Bonchev–Trinajstić information content (AvgIpc) is 2.95. The highest BCUT2D eigenvalue weighted by molar-refractivity contribution is 7.68. The molecule has 0 saturated heterocycles. The first kappa shape index (κ1) is 24.2. The van der Waals surface area contributed by atoms with Gasteiger partial charge in [-0.25, -0.2) is 0 Å². The molecule has 6 rings (SSSR count). The van der Waals surface area contributed by atoms with E-state index in [1.807, 2.05) is 48.5 Å². The van der Waals surface area contributed by atoms with E-state index in [9.17, 15) is 18.7 Å². The molecule has 10 heteroatoms. The van der Waals surface area contributed by atoms with Crippen LogP contribution in [-0.4, -0.2) is 24.4 Å². The fourth-order valence-electron chi connectivity index (χ4n) is 4.70. The summed E-state index contributed by atoms with van der Waals surface area (Å²) in [5.74, 6) is -1.14. The lowest BCUT2D eigenvalue weighted by molar-refractivity contribution is -0.138. The van der Waals surface area contributed by atoms with Crippen molar-refractivity contribution in [2.45, 2.75) is 0 Å². The molecule has 2 heterocycles. The first-order valence-electron chi connectivity index (χ1n) is 11.9. The van der Waals surface area contributed by atoms with Gasteiger partial charge in [-0.05, 0) is 35.4 Å². The summed E-state index contributed by atoms with van der Waals surface area (Å²) < 4.78 is 39.4. The molecular weight excluding hydrogens is 522 g/mol. The third-order valence-electron chi connectivity index (χ3n) is 6.49. The quantitative estimate of drug-likeness (QED) is 0.290. The number of nitrogens with one attached hydrogen (secondary N) is 2. The Labute approximate surface area is 218 Å². The third-order valence-corrected chi connectivity index (χ3v) is 10.9. The molecule has 2 N–H and O–H groups in total. The van der Waals surface area contributed by atoms with Gasteiger partial charge in [-0.3, -0.25) is 18.7 Å². The van der Waals surface area contributed by atoms with E-state index in [1.54, 1.807) is 48.5 Å². The fraction of sp³-hybridized carbons (Fsp3) is 0.0714. The summed E-state index contributed by atoms with van der Waals surface area (Å²) in [7, 11) is -7.12. The molecule has 0 aliphatic carbocycles. The summed E-state index contributed by atoms with van der Waals surface area (Å²) in [6.07, 6.45) is -0.760. The van der Waals surface area contributed by atoms with Crippen LogP contribution < -0.4 is 30.3 Å². The highest BCUT2D eigenvalue weighted by Crippen LogP contribution is 2.54. The van der Waals surface area contributed by atoms with Crippen LogP contribution in [0.1, 0.15) is 0 Å². The second-order valence-electron chi connectivity index (χ2n) is 8.88. The largest absolute Gasteiger partial charge is 0.438 e. The monoisotopic (exact) mass is 544 g/mol. The summed E-state index contributed by atoms with van der Waals surface area (Å²) in [6.45, 7) is 0. The molecule has 38 heavy (non-hydrogen) atoms. The van der Waals surface area contributed by atoms with Gasteiger partial charge in [0.05, 0.1) is 10.6 Å². The zero-order valence-corrected chi connectivity index (χ0v) is 21.8. The van der Waals surface area contributed by atoms with Crippen LogP contribution in [0.25, 0.3) is 22.3 Å². The van der Waals surface area contributed by atoms with Crippen LogP contribution in [0.15, 0.2) is 97.1 Å². The van der Waals surface area contributed by atoms with Gasteiger partial charge in [-0.15, -0.1) is 0 Å². The van der Waals surface area contributed by atoms with Crippen molar-refractivity contribution >= 4 is 37.2 Å². The molecule has 2 atom stereocenters. The molecule has 2 aliphatic heterocycles. The van der Waals surface area contributed by atoms with E-state index in [1.165, 1.54) is 0 Å². The molecular formula is C28H22N2O6P2. The second kappa shape index (κ2) is 9.32. The minimum atomic E-state index is -3.56. The Morgan fingerprint density at radius 3 is 1.29 bits per heavy atom. The van der Waals surface area contributed by atoms with Gasteiger partial charge in [-0.1, -0.05) is 72.8 Å². The van der Waals surface area contributed by atoms with Crippen molar-refractivity contribution in [1.82, 2.24) is 10.6 Å². The number of rotatable bonds is 4. The van der Waals surface area contributed by atoms with Crippen molar-refractivity contribution in [1.29, 1.82) is 0 Å². The Morgan fingerprint density at radius 1 is 0.526 bits per heavy atom. The predicted octanol–water partition coefficient (Wildman–Crippen LogP) is 4.46. The van der Waals surface area contributed by atoms with Gasteiger partial charge in [0.1, 0.15) is 24.1 Å². The standard InChI is InChI=1S/C28H22N2O6P2/c31-27(29-17-37(33)25-15-7-3-11-21(25)19-9-1-5-13-23(19)35-37)28(32)30-18-38(34)26-16-8-4-12-22(26)20-10-2-6-14-24(20)36-38/h1-16H,17-18H2,(H,29,31)(H,30,32). The number of amides is 2. The fourth-order valence-corrected chi connectivity index (χ4v) is 8.77. The Hall–Kier alpha value is -4.12. The molecule has 8 nitrogen and oxygen atoms in total. The molecule has 0 aromatic heterocycles. The van der Waals surface area contributed by atoms with Crippen molar-refractivity contribution < 1.29 is 27.8 Å². The van der Waals surface area contributed by atoms with Crippen molar-refractivity contribution in [2.75, 3.05) is 12.6 Å². The van der Waals surface area contributed by atoms with Crippen LogP contribution in [0.4, 0.5) is 0 Å². The molecule has 2 aliphatic rings. The minimum absolute atomic E-state index is 0.380. The SMILES string of the molecule is O=C(NCP1(=O)Oc2ccccc2-c2ccccc21)C(=O)NCP1(=O)Oc2ccccc2-c2ccccc21. The van der Waals surface area contributed by atoms with Crippen molar-refractivity contribution in [2.24, 2.45) is 0 Å². The van der Waals surface area contributed by atoms with Gasteiger partial charge in [0.2, 0.25) is 0 Å². The van der Waals surface area contributed by atoms with Gasteiger partial charge in [-0.2, -0.15) is 0 Å². The van der Waals surface area contributed by atoms with Gasteiger partial charge in [0.25, 0.3) is 14.7 Å². The lowest BCUT2D eigenvalue weighted by Crippen LogP contribution is -2.42. The van der Waals surface area contributed by atoms with Crippen molar-refractivity contribution in [3.63, 3.8) is 0 Å². The van der Waals surface area contributed by atoms with Crippen LogP contribution in [0.3, 0.4) is 0 Å². The molecule has 0 spiro atoms. The zero-order valence-electron chi connectivity index (χ0n) is 20.0. The minimum Gasteiger partial charge on any atom is -0.438 e. The average molecular weight is 544 g/mol. The summed E-state index contributed by atoms with van der Waals surface area (Å²) in [5, 5.41) is 5.79. The Balaban J connectivity index is 1.16. The molecule has 0 radical (unpaired) electrons. The summed E-state index contributed by atoms with van der Waals surface area (Å²) in [4.78, 5) is 25.4. The number of para-hydroxylation sites is 2. The topological polar surface area (TPSA) is 111 Å². The van der Waals surface area contributed by atoms with Gasteiger partial charge < -0.3 is 19.7 Å². The number of carbonyl (C=O) groups is 2. The number of fused-ring (bicyclic) bond motifs is 6. The van der Waals surface area contributed by atoms with E-state index < -0.39 is 26.6 Å². The normalized spacial score (nSPS) is 20.3. The smallest absolute Gasteiger partial charge is 0.309 e. The molecule has 4 aromatic carbocycles. The van der Waals surface area contributed by atoms with Gasteiger partial charge in [0.15, 0.2) is 0 Å². The lowest BCUT2D eigenvalue weighted by atomic mass is 10.0. The summed E-state index contributed by atoms with van der Waals surface area (Å²) >= 11 is 0. The molecule has 190 valence electrons. The van der Waals surface area contributed by atoms with Gasteiger partial charge >= 0.3 is 11.8 Å². The van der Waals surface area contributed by atoms with E-state index in [2.05, 4.69) is 10.6 Å². The zero-order chi connectivity index (χ0) is 26.3. The van der Waals surface area contributed by atoms with Gasteiger partial charge in [0, 0.05) is 11.1 Å². The number of hydrogen-bond donors (Lipinski definition) is 2. The highest BCUT2D eigenvalue weighted by atomic mass is 31.2. The maximum Gasteiger partial charge on any atom is 0.309 e.